The predicted octanol–water partition coefficient (Wildman–Crippen LogP) is 3.78. The van der Waals surface area contributed by atoms with E-state index in [4.69, 9.17) is 11.6 Å². The van der Waals surface area contributed by atoms with E-state index in [-0.39, 0.29) is 0 Å². The van der Waals surface area contributed by atoms with Gasteiger partial charge in [0.2, 0.25) is 5.95 Å². The average Bonchev–Trinajstić information content (AvgIpc) is 2.54. The van der Waals surface area contributed by atoms with Gasteiger partial charge in [-0.2, -0.15) is 10.1 Å². The largest absolute Gasteiger partial charge is 0.369 e. The van der Waals surface area contributed by atoms with Crippen molar-refractivity contribution in [2.75, 3.05) is 23.7 Å². The van der Waals surface area contributed by atoms with Crippen LogP contribution in [-0.2, 0) is 6.42 Å². The summed E-state index contributed by atoms with van der Waals surface area (Å²) in [6.45, 7) is 3.86. The van der Waals surface area contributed by atoms with Gasteiger partial charge in [0.1, 0.15) is 5.82 Å². The van der Waals surface area contributed by atoms with E-state index >= 15 is 0 Å². The molecule has 0 saturated heterocycles. The lowest BCUT2D eigenvalue weighted by molar-refractivity contribution is 0.741. The Balaban J connectivity index is 1.76. The third-order valence-corrected chi connectivity index (χ3v) is 3.51. The van der Waals surface area contributed by atoms with E-state index < -0.39 is 0 Å². The van der Waals surface area contributed by atoms with Crippen LogP contribution in [0, 0.1) is 0 Å². The summed E-state index contributed by atoms with van der Waals surface area (Å²) < 4.78 is 0. The van der Waals surface area contributed by atoms with Gasteiger partial charge in [0.25, 0.3) is 0 Å². The summed E-state index contributed by atoms with van der Waals surface area (Å²) in [6.07, 6.45) is 6.10. The van der Waals surface area contributed by atoms with Crippen molar-refractivity contribution in [1.82, 2.24) is 15.2 Å². The molecule has 2 aromatic rings. The second-order valence-corrected chi connectivity index (χ2v) is 5.54. The van der Waals surface area contributed by atoms with Crippen LogP contribution < -0.4 is 10.6 Å². The van der Waals surface area contributed by atoms with Crippen LogP contribution in [0.15, 0.2) is 30.5 Å². The third-order valence-electron chi connectivity index (χ3n) is 3.26. The molecule has 0 bridgehead atoms. The minimum atomic E-state index is 0.550. The van der Waals surface area contributed by atoms with Crippen LogP contribution in [0.25, 0.3) is 0 Å². The Hall–Kier alpha value is -1.88. The average molecular weight is 320 g/mol. The molecule has 1 aromatic heterocycles. The van der Waals surface area contributed by atoms with E-state index in [0.717, 1.165) is 36.8 Å². The second kappa shape index (κ2) is 9.20. The SMILES string of the molecule is CCCCCNc1cnnc(NCCc2ccc(Cl)cc2)n1. The van der Waals surface area contributed by atoms with Gasteiger partial charge in [0.05, 0.1) is 6.20 Å². The molecule has 0 aliphatic carbocycles. The molecule has 0 saturated carbocycles. The Labute approximate surface area is 136 Å². The maximum atomic E-state index is 5.87. The van der Waals surface area contributed by atoms with Gasteiger partial charge >= 0.3 is 0 Å². The first-order valence-corrected chi connectivity index (χ1v) is 8.07. The molecule has 0 fully saturated rings. The number of rotatable bonds is 9. The molecule has 0 aliphatic heterocycles. The number of anilines is 2. The molecule has 0 unspecified atom stereocenters. The fourth-order valence-corrected chi connectivity index (χ4v) is 2.15. The molecule has 1 aromatic carbocycles. The van der Waals surface area contributed by atoms with E-state index in [1.807, 2.05) is 24.3 Å². The van der Waals surface area contributed by atoms with Crippen molar-refractivity contribution in [3.8, 4) is 0 Å². The van der Waals surface area contributed by atoms with Crippen molar-refractivity contribution in [3.05, 3.63) is 41.0 Å². The Morgan fingerprint density at radius 2 is 1.86 bits per heavy atom. The van der Waals surface area contributed by atoms with Crippen molar-refractivity contribution in [2.24, 2.45) is 0 Å². The summed E-state index contributed by atoms with van der Waals surface area (Å²) in [6, 6.07) is 7.84. The highest BCUT2D eigenvalue weighted by Crippen LogP contribution is 2.10. The van der Waals surface area contributed by atoms with Crippen LogP contribution in [-0.4, -0.2) is 28.3 Å². The zero-order chi connectivity index (χ0) is 15.6. The summed E-state index contributed by atoms with van der Waals surface area (Å²) in [4.78, 5) is 4.40. The summed E-state index contributed by atoms with van der Waals surface area (Å²) in [5.74, 6) is 1.31. The maximum Gasteiger partial charge on any atom is 0.244 e. The zero-order valence-electron chi connectivity index (χ0n) is 12.8. The number of benzene rings is 1. The minimum Gasteiger partial charge on any atom is -0.369 e. The Morgan fingerprint density at radius 1 is 1.05 bits per heavy atom. The lowest BCUT2D eigenvalue weighted by Gasteiger charge is -2.07. The first-order valence-electron chi connectivity index (χ1n) is 7.70. The van der Waals surface area contributed by atoms with E-state index in [1.165, 1.54) is 18.4 Å². The normalized spacial score (nSPS) is 10.5. The van der Waals surface area contributed by atoms with Crippen LogP contribution in [0.5, 0.6) is 0 Å². The molecule has 0 spiro atoms. The summed E-state index contributed by atoms with van der Waals surface area (Å²) in [5, 5.41) is 15.2. The molecule has 2 N–H and O–H groups in total. The van der Waals surface area contributed by atoms with E-state index in [0.29, 0.717) is 5.95 Å². The Bertz CT molecular complexity index is 559. The van der Waals surface area contributed by atoms with Gasteiger partial charge in [-0.3, -0.25) is 0 Å². The van der Waals surface area contributed by atoms with Crippen molar-refractivity contribution in [2.45, 2.75) is 32.6 Å². The molecule has 6 heteroatoms. The molecule has 22 heavy (non-hydrogen) atoms. The fourth-order valence-electron chi connectivity index (χ4n) is 2.02. The van der Waals surface area contributed by atoms with E-state index in [9.17, 15) is 0 Å². The van der Waals surface area contributed by atoms with Gasteiger partial charge < -0.3 is 10.6 Å². The summed E-state index contributed by atoms with van der Waals surface area (Å²) >= 11 is 5.87. The van der Waals surface area contributed by atoms with Gasteiger partial charge in [-0.15, -0.1) is 5.10 Å². The van der Waals surface area contributed by atoms with Gasteiger partial charge in [0.15, 0.2) is 0 Å². The number of halogens is 1. The predicted molar refractivity (Wildman–Crippen MR) is 91.5 cm³/mol. The highest BCUT2D eigenvalue weighted by molar-refractivity contribution is 6.30. The molecule has 0 atom stereocenters. The molecule has 1 heterocycles. The van der Waals surface area contributed by atoms with Crippen LogP contribution >= 0.6 is 11.6 Å². The third kappa shape index (κ3) is 5.85. The Kier molecular flexibility index (Phi) is 6.90. The number of aromatic nitrogens is 3. The standard InChI is InChI=1S/C16H22ClN5/c1-2-3-4-10-18-15-12-20-22-16(21-15)19-11-9-13-5-7-14(17)8-6-13/h5-8,12H,2-4,9-11H2,1H3,(H2,18,19,21,22). The van der Waals surface area contributed by atoms with Crippen LogP contribution in [0.4, 0.5) is 11.8 Å². The summed E-state index contributed by atoms with van der Waals surface area (Å²) in [5.41, 5.74) is 1.22. The number of hydrogen-bond acceptors (Lipinski definition) is 5. The minimum absolute atomic E-state index is 0.550. The lowest BCUT2D eigenvalue weighted by atomic mass is 10.1. The first-order chi connectivity index (χ1) is 10.8. The molecule has 0 amide bonds. The second-order valence-electron chi connectivity index (χ2n) is 5.10. The monoisotopic (exact) mass is 319 g/mol. The number of hydrogen-bond donors (Lipinski definition) is 2. The summed E-state index contributed by atoms with van der Waals surface area (Å²) in [7, 11) is 0. The van der Waals surface area contributed by atoms with Gasteiger partial charge in [-0.25, -0.2) is 0 Å². The zero-order valence-corrected chi connectivity index (χ0v) is 13.6. The molecule has 118 valence electrons. The molecule has 5 nitrogen and oxygen atoms in total. The van der Waals surface area contributed by atoms with Crippen LogP contribution in [0.3, 0.4) is 0 Å². The topological polar surface area (TPSA) is 62.7 Å². The molecular weight excluding hydrogens is 298 g/mol. The van der Waals surface area contributed by atoms with Crippen LogP contribution in [0.2, 0.25) is 5.02 Å². The van der Waals surface area contributed by atoms with Crippen molar-refractivity contribution < 1.29 is 0 Å². The molecular formula is C16H22ClN5. The molecule has 0 aliphatic rings. The van der Waals surface area contributed by atoms with Crippen LogP contribution in [0.1, 0.15) is 31.7 Å². The van der Waals surface area contributed by atoms with E-state index in [1.54, 1.807) is 6.20 Å². The number of nitrogens with zero attached hydrogens (tertiary/aromatic N) is 3. The number of nitrogens with one attached hydrogen (secondary N) is 2. The highest BCUT2D eigenvalue weighted by atomic mass is 35.5. The molecule has 0 radical (unpaired) electrons. The number of unbranched alkanes of at least 4 members (excludes halogenated alkanes) is 2. The van der Waals surface area contributed by atoms with Gasteiger partial charge in [-0.1, -0.05) is 43.5 Å². The maximum absolute atomic E-state index is 5.87. The molecule has 2 rings (SSSR count). The van der Waals surface area contributed by atoms with Crippen molar-refractivity contribution in [1.29, 1.82) is 0 Å². The van der Waals surface area contributed by atoms with Crippen molar-refractivity contribution >= 4 is 23.4 Å². The fraction of sp³-hybridized carbons (Fsp3) is 0.438. The van der Waals surface area contributed by atoms with Gasteiger partial charge in [0, 0.05) is 18.1 Å². The van der Waals surface area contributed by atoms with Crippen molar-refractivity contribution in [3.63, 3.8) is 0 Å². The first kappa shape index (κ1) is 16.5. The Morgan fingerprint density at radius 3 is 2.64 bits per heavy atom. The van der Waals surface area contributed by atoms with Gasteiger partial charge in [-0.05, 0) is 30.5 Å². The highest BCUT2D eigenvalue weighted by Gasteiger charge is 2.00. The quantitative estimate of drug-likeness (QED) is 0.689. The lowest BCUT2D eigenvalue weighted by Crippen LogP contribution is -2.11. The van der Waals surface area contributed by atoms with E-state index in [2.05, 4.69) is 32.7 Å². The smallest absolute Gasteiger partial charge is 0.244 e.